The Hall–Kier alpha value is -3.93. The molecule has 188 valence electrons. The van der Waals surface area contributed by atoms with Gasteiger partial charge in [-0.25, -0.2) is 9.36 Å². The number of aromatic nitrogens is 4. The zero-order valence-electron chi connectivity index (χ0n) is 19.0. The summed E-state index contributed by atoms with van der Waals surface area (Å²) < 4.78 is 50.6. The Kier molecular flexibility index (Phi) is 5.70. The number of para-hydroxylation sites is 1. The zero-order valence-corrected chi connectivity index (χ0v) is 19.8. The molecule has 0 saturated carbocycles. The maximum absolute atomic E-state index is 13.9. The lowest BCUT2D eigenvalue weighted by Crippen LogP contribution is -2.35. The van der Waals surface area contributed by atoms with Crippen LogP contribution in [0.1, 0.15) is 40.4 Å². The Morgan fingerprint density at radius 1 is 1.22 bits per heavy atom. The van der Waals surface area contributed by atoms with Crippen molar-refractivity contribution in [3.8, 4) is 5.69 Å². The second-order valence-corrected chi connectivity index (χ2v) is 8.73. The Morgan fingerprint density at radius 3 is 2.58 bits per heavy atom. The van der Waals surface area contributed by atoms with E-state index in [4.69, 9.17) is 16.0 Å². The van der Waals surface area contributed by atoms with Gasteiger partial charge in [-0.05, 0) is 31.2 Å². The number of fused-ring (bicyclic) bond motifs is 1. The Morgan fingerprint density at radius 2 is 1.94 bits per heavy atom. The molecular weight excluding hydrogens is 501 g/mol. The number of hydrogen-bond donors (Lipinski definition) is 2. The number of rotatable bonds is 4. The number of nitrogens with one attached hydrogen (secondary N) is 2. The maximum atomic E-state index is 13.9. The molecule has 4 heterocycles. The van der Waals surface area contributed by atoms with Crippen LogP contribution in [-0.2, 0) is 7.05 Å². The van der Waals surface area contributed by atoms with E-state index in [1.165, 1.54) is 10.9 Å². The van der Waals surface area contributed by atoms with E-state index in [0.29, 0.717) is 21.8 Å². The number of carbonyl (C=O) groups is 1. The number of carbonyl (C=O) groups excluding carboxylic acids is 1. The van der Waals surface area contributed by atoms with Gasteiger partial charge in [0.15, 0.2) is 11.7 Å². The quantitative estimate of drug-likeness (QED) is 0.401. The van der Waals surface area contributed by atoms with E-state index in [9.17, 15) is 22.8 Å². The van der Waals surface area contributed by atoms with Gasteiger partial charge in [0.1, 0.15) is 22.3 Å². The molecule has 1 aliphatic heterocycles. The molecule has 5 rings (SSSR count). The van der Waals surface area contributed by atoms with Crippen LogP contribution in [0.25, 0.3) is 5.69 Å². The van der Waals surface area contributed by atoms with Gasteiger partial charge >= 0.3 is 6.18 Å². The van der Waals surface area contributed by atoms with Crippen LogP contribution in [0.2, 0.25) is 5.02 Å². The van der Waals surface area contributed by atoms with Gasteiger partial charge in [0.25, 0.3) is 11.5 Å². The number of nitrogens with zero attached hydrogens (tertiary/aromatic N) is 4. The van der Waals surface area contributed by atoms with Crippen LogP contribution in [0.3, 0.4) is 0 Å². The summed E-state index contributed by atoms with van der Waals surface area (Å²) in [5, 5.41) is 8.98. The van der Waals surface area contributed by atoms with E-state index < -0.39 is 41.8 Å². The highest BCUT2D eigenvalue weighted by atomic mass is 35.5. The van der Waals surface area contributed by atoms with Crippen LogP contribution in [0, 0.1) is 6.92 Å². The van der Waals surface area contributed by atoms with Gasteiger partial charge in [-0.1, -0.05) is 29.8 Å². The molecule has 4 aromatic rings. The minimum absolute atomic E-state index is 0.0396. The third-order valence-corrected chi connectivity index (χ3v) is 6.55. The summed E-state index contributed by atoms with van der Waals surface area (Å²) in [5.41, 5.74) is 0.00943. The van der Waals surface area contributed by atoms with Gasteiger partial charge in [-0.2, -0.15) is 18.3 Å². The largest absolute Gasteiger partial charge is 0.467 e. The summed E-state index contributed by atoms with van der Waals surface area (Å²) in [5.74, 6) is -0.784. The van der Waals surface area contributed by atoms with Crippen LogP contribution in [0.15, 0.2) is 57.9 Å². The summed E-state index contributed by atoms with van der Waals surface area (Å²) >= 11 is 6.36. The predicted octanol–water partition coefficient (Wildman–Crippen LogP) is 4.84. The van der Waals surface area contributed by atoms with Crippen molar-refractivity contribution in [1.82, 2.24) is 19.1 Å². The average molecular weight is 521 g/mol. The molecule has 3 aromatic heterocycles. The van der Waals surface area contributed by atoms with Crippen LogP contribution in [0.4, 0.5) is 24.7 Å². The number of alkyl halides is 3. The van der Waals surface area contributed by atoms with E-state index >= 15 is 0 Å². The van der Waals surface area contributed by atoms with Crippen molar-refractivity contribution in [1.29, 1.82) is 0 Å². The highest BCUT2D eigenvalue weighted by Gasteiger charge is 2.48. The molecule has 0 radical (unpaired) electrons. The van der Waals surface area contributed by atoms with Crippen molar-refractivity contribution in [2.45, 2.75) is 31.6 Å². The fourth-order valence-electron chi connectivity index (χ4n) is 4.30. The summed E-state index contributed by atoms with van der Waals surface area (Å²) in [6, 6.07) is 9.01. The van der Waals surface area contributed by atoms with Gasteiger partial charge in [0.05, 0.1) is 23.7 Å². The summed E-state index contributed by atoms with van der Waals surface area (Å²) in [6.07, 6.45) is -3.72. The summed E-state index contributed by atoms with van der Waals surface area (Å²) in [7, 11) is 1.65. The Balaban J connectivity index is 1.52. The molecule has 13 heteroatoms. The summed E-state index contributed by atoms with van der Waals surface area (Å²) in [4.78, 5) is 26.2. The standard InChI is InChI=1S/C23H20ClF3N6O3/c1-12-18(22(35)33(31(12)2)13-7-4-3-5-8-13)29-21(34)19-17(24)20-28-14(15-9-6-10-36-15)11-16(23(25,26)27)32(20)30-19/h3-10,14,16,28H,11H2,1-2H3,(H,29,34)/t14-,16-/m1/s1. The van der Waals surface area contributed by atoms with Crippen LogP contribution in [-0.4, -0.2) is 31.2 Å². The Labute approximate surface area is 207 Å². The number of furan rings is 1. The molecule has 1 aromatic carbocycles. The monoisotopic (exact) mass is 520 g/mol. The van der Waals surface area contributed by atoms with Crippen molar-refractivity contribution in [3.63, 3.8) is 0 Å². The molecule has 0 aliphatic carbocycles. The normalized spacial score (nSPS) is 17.5. The van der Waals surface area contributed by atoms with E-state index in [0.717, 1.165) is 0 Å². The van der Waals surface area contributed by atoms with Gasteiger partial charge in [-0.15, -0.1) is 0 Å². The highest BCUT2D eigenvalue weighted by molar-refractivity contribution is 6.36. The molecule has 36 heavy (non-hydrogen) atoms. The van der Waals surface area contributed by atoms with Crippen molar-refractivity contribution >= 4 is 29.0 Å². The van der Waals surface area contributed by atoms with Crippen LogP contribution in [0.5, 0.6) is 0 Å². The first kappa shape index (κ1) is 23.8. The van der Waals surface area contributed by atoms with Crippen LogP contribution >= 0.6 is 11.6 Å². The topological polar surface area (TPSA) is 99.0 Å². The van der Waals surface area contributed by atoms with E-state index in [2.05, 4.69) is 15.7 Å². The second-order valence-electron chi connectivity index (χ2n) is 8.35. The molecule has 0 bridgehead atoms. The van der Waals surface area contributed by atoms with Gasteiger partial charge < -0.3 is 15.1 Å². The molecular formula is C23H20ClF3N6O3. The molecule has 0 spiro atoms. The lowest BCUT2D eigenvalue weighted by molar-refractivity contribution is -0.174. The second kappa shape index (κ2) is 8.63. The smallest absolute Gasteiger partial charge is 0.410 e. The SMILES string of the molecule is Cc1c(NC(=O)c2nn3c(c2Cl)N[C@@H](c2ccco2)C[C@@H]3C(F)(F)F)c(=O)n(-c2ccccc2)n1C. The van der Waals surface area contributed by atoms with Gasteiger partial charge in [0.2, 0.25) is 0 Å². The first-order valence-electron chi connectivity index (χ1n) is 10.9. The first-order chi connectivity index (χ1) is 17.1. The third-order valence-electron chi connectivity index (χ3n) is 6.19. The highest BCUT2D eigenvalue weighted by Crippen LogP contribution is 2.46. The Bertz CT molecular complexity index is 1490. The van der Waals surface area contributed by atoms with Gasteiger partial charge in [0, 0.05) is 13.5 Å². The minimum atomic E-state index is -4.66. The van der Waals surface area contributed by atoms with Crippen molar-refractivity contribution in [2.24, 2.45) is 7.05 Å². The van der Waals surface area contributed by atoms with Crippen molar-refractivity contribution < 1.29 is 22.4 Å². The number of hydrogen-bond acceptors (Lipinski definition) is 5. The maximum Gasteiger partial charge on any atom is 0.410 e. The third kappa shape index (κ3) is 3.87. The molecule has 2 atom stereocenters. The molecule has 9 nitrogen and oxygen atoms in total. The average Bonchev–Trinajstić information content (AvgIpc) is 3.54. The number of amides is 1. The van der Waals surface area contributed by atoms with E-state index in [-0.39, 0.29) is 16.5 Å². The fraction of sp³-hybridized carbons (Fsp3) is 0.261. The molecule has 0 fully saturated rings. The summed E-state index contributed by atoms with van der Waals surface area (Å²) in [6.45, 7) is 1.63. The van der Waals surface area contributed by atoms with E-state index in [1.807, 2.05) is 0 Å². The van der Waals surface area contributed by atoms with Crippen molar-refractivity contribution in [3.05, 3.63) is 81.3 Å². The lowest BCUT2D eigenvalue weighted by atomic mass is 10.0. The van der Waals surface area contributed by atoms with Crippen molar-refractivity contribution in [2.75, 3.05) is 10.6 Å². The first-order valence-corrected chi connectivity index (χ1v) is 11.3. The number of anilines is 2. The number of halogens is 4. The fourth-order valence-corrected chi connectivity index (χ4v) is 4.56. The molecule has 0 unspecified atom stereocenters. The molecule has 0 saturated heterocycles. The van der Waals surface area contributed by atoms with E-state index in [1.54, 1.807) is 61.1 Å². The molecule has 1 aliphatic rings. The number of benzene rings is 1. The predicted molar refractivity (Wildman–Crippen MR) is 126 cm³/mol. The zero-order chi connectivity index (χ0) is 25.8. The van der Waals surface area contributed by atoms with Crippen LogP contribution < -0.4 is 16.2 Å². The minimum Gasteiger partial charge on any atom is -0.467 e. The molecule has 1 amide bonds. The van der Waals surface area contributed by atoms with Gasteiger partial charge in [-0.3, -0.25) is 14.3 Å². The molecule has 2 N–H and O–H groups in total. The lowest BCUT2D eigenvalue weighted by Gasteiger charge is -2.32.